The molecule has 0 unspecified atom stereocenters. The van der Waals surface area contributed by atoms with Crippen LogP contribution in [0.4, 0.5) is 4.39 Å². The Kier molecular flexibility index (Phi) is 5.18. The van der Waals surface area contributed by atoms with Crippen molar-refractivity contribution in [3.8, 4) is 0 Å². The van der Waals surface area contributed by atoms with Crippen molar-refractivity contribution in [2.24, 2.45) is 7.05 Å². The largest absolute Gasteiger partial charge is 0.375 e. The maximum Gasteiger partial charge on any atom is 0.244 e. The minimum Gasteiger partial charge on any atom is -0.375 e. The first-order valence-electron chi connectivity index (χ1n) is 7.04. The van der Waals surface area contributed by atoms with Gasteiger partial charge in [0.1, 0.15) is 10.7 Å². The Morgan fingerprint density at radius 1 is 1.39 bits per heavy atom. The number of rotatable bonds is 6. The van der Waals surface area contributed by atoms with Gasteiger partial charge in [-0.25, -0.2) is 17.5 Å². The Bertz CT molecular complexity index is 802. The van der Waals surface area contributed by atoms with Gasteiger partial charge in [-0.3, -0.25) is 4.68 Å². The number of methoxy groups -OCH3 is 1. The molecule has 0 bridgehead atoms. The molecule has 0 amide bonds. The quantitative estimate of drug-likeness (QED) is 0.870. The molecule has 0 spiro atoms. The molecule has 1 aromatic carbocycles. The van der Waals surface area contributed by atoms with Gasteiger partial charge in [-0.1, -0.05) is 12.1 Å². The first-order valence-corrected chi connectivity index (χ1v) is 8.52. The first kappa shape index (κ1) is 17.6. The third-order valence-corrected chi connectivity index (χ3v) is 5.35. The fourth-order valence-electron chi connectivity index (χ4n) is 2.44. The molecule has 0 saturated heterocycles. The number of aromatic nitrogens is 2. The van der Waals surface area contributed by atoms with Gasteiger partial charge in [0, 0.05) is 20.7 Å². The SMILES string of the molecule is CO[C@H](CNS(=O)(=O)c1c(C)nn(C)c1C)c1cccc(F)c1. The normalized spacial score (nSPS) is 13.3. The second kappa shape index (κ2) is 6.77. The van der Waals surface area contributed by atoms with Crippen LogP contribution in [0, 0.1) is 19.7 Å². The zero-order chi connectivity index (χ0) is 17.2. The number of aryl methyl sites for hydroxylation is 2. The summed E-state index contributed by atoms with van der Waals surface area (Å²) < 4.78 is 47.6. The molecular formula is C15H20FN3O3S. The lowest BCUT2D eigenvalue weighted by Gasteiger charge is -2.17. The molecule has 0 aliphatic carbocycles. The maximum atomic E-state index is 13.3. The van der Waals surface area contributed by atoms with Crippen LogP contribution in [0.1, 0.15) is 23.1 Å². The number of benzene rings is 1. The number of hydrogen-bond acceptors (Lipinski definition) is 4. The topological polar surface area (TPSA) is 73.2 Å². The van der Waals surface area contributed by atoms with Gasteiger partial charge in [-0.15, -0.1) is 0 Å². The van der Waals surface area contributed by atoms with E-state index in [-0.39, 0.29) is 11.4 Å². The van der Waals surface area contributed by atoms with Gasteiger partial charge in [0.2, 0.25) is 10.0 Å². The van der Waals surface area contributed by atoms with Crippen molar-refractivity contribution in [2.75, 3.05) is 13.7 Å². The number of ether oxygens (including phenoxy) is 1. The molecule has 0 fully saturated rings. The molecule has 8 heteroatoms. The Labute approximate surface area is 135 Å². The molecule has 2 rings (SSSR count). The van der Waals surface area contributed by atoms with Crippen LogP contribution in [0.15, 0.2) is 29.2 Å². The van der Waals surface area contributed by atoms with Crippen LogP contribution in [-0.2, 0) is 21.8 Å². The molecule has 23 heavy (non-hydrogen) atoms. The fraction of sp³-hybridized carbons (Fsp3) is 0.400. The van der Waals surface area contributed by atoms with Crippen LogP contribution in [0.3, 0.4) is 0 Å². The lowest BCUT2D eigenvalue weighted by atomic mass is 10.1. The van der Waals surface area contributed by atoms with Gasteiger partial charge in [0.05, 0.1) is 17.5 Å². The van der Waals surface area contributed by atoms with Crippen LogP contribution in [0.2, 0.25) is 0 Å². The fourth-order valence-corrected chi connectivity index (χ4v) is 3.91. The minimum absolute atomic E-state index is 0.00391. The molecular weight excluding hydrogens is 321 g/mol. The Balaban J connectivity index is 2.21. The molecule has 0 aliphatic rings. The highest BCUT2D eigenvalue weighted by molar-refractivity contribution is 7.89. The minimum atomic E-state index is -3.73. The van der Waals surface area contributed by atoms with Gasteiger partial charge >= 0.3 is 0 Å². The van der Waals surface area contributed by atoms with Gasteiger partial charge in [0.15, 0.2) is 0 Å². The van der Waals surface area contributed by atoms with Crippen molar-refractivity contribution in [3.05, 3.63) is 47.0 Å². The van der Waals surface area contributed by atoms with E-state index in [4.69, 9.17) is 4.74 Å². The number of halogens is 1. The smallest absolute Gasteiger partial charge is 0.244 e. The highest BCUT2D eigenvalue weighted by Gasteiger charge is 2.25. The summed E-state index contributed by atoms with van der Waals surface area (Å²) in [5.41, 5.74) is 1.54. The number of nitrogens with one attached hydrogen (secondary N) is 1. The van der Waals surface area contributed by atoms with Crippen molar-refractivity contribution in [2.45, 2.75) is 24.8 Å². The maximum absolute atomic E-state index is 13.3. The molecule has 1 aromatic heterocycles. The summed E-state index contributed by atoms with van der Waals surface area (Å²) in [6.07, 6.45) is -0.585. The summed E-state index contributed by atoms with van der Waals surface area (Å²) >= 11 is 0. The van der Waals surface area contributed by atoms with E-state index >= 15 is 0 Å². The van der Waals surface area contributed by atoms with E-state index in [9.17, 15) is 12.8 Å². The van der Waals surface area contributed by atoms with Crippen molar-refractivity contribution in [3.63, 3.8) is 0 Å². The molecule has 1 N–H and O–H groups in total. The van der Waals surface area contributed by atoms with Crippen LogP contribution in [0.5, 0.6) is 0 Å². The lowest BCUT2D eigenvalue weighted by molar-refractivity contribution is 0.107. The molecule has 0 radical (unpaired) electrons. The summed E-state index contributed by atoms with van der Waals surface area (Å²) in [5.74, 6) is -0.397. The van der Waals surface area contributed by atoms with E-state index < -0.39 is 21.9 Å². The monoisotopic (exact) mass is 341 g/mol. The average Bonchev–Trinajstić information content (AvgIpc) is 2.73. The van der Waals surface area contributed by atoms with E-state index in [1.54, 1.807) is 33.0 Å². The molecule has 2 aromatic rings. The predicted molar refractivity (Wildman–Crippen MR) is 84.0 cm³/mol. The summed E-state index contributed by atoms with van der Waals surface area (Å²) in [6.45, 7) is 3.33. The summed E-state index contributed by atoms with van der Waals surface area (Å²) in [5, 5.41) is 4.11. The number of sulfonamides is 1. The van der Waals surface area contributed by atoms with Gasteiger partial charge < -0.3 is 4.74 Å². The average molecular weight is 341 g/mol. The van der Waals surface area contributed by atoms with Crippen molar-refractivity contribution < 1.29 is 17.5 Å². The zero-order valence-corrected chi connectivity index (χ0v) is 14.3. The second-order valence-electron chi connectivity index (χ2n) is 5.25. The number of nitrogens with zero attached hydrogens (tertiary/aromatic N) is 2. The summed E-state index contributed by atoms with van der Waals surface area (Å²) in [6, 6.07) is 5.89. The molecule has 126 valence electrons. The summed E-state index contributed by atoms with van der Waals surface area (Å²) in [7, 11) is -0.596. The molecule has 1 heterocycles. The third-order valence-electron chi connectivity index (χ3n) is 3.68. The van der Waals surface area contributed by atoms with E-state index in [2.05, 4.69) is 9.82 Å². The van der Waals surface area contributed by atoms with E-state index in [0.717, 1.165) is 0 Å². The standard InChI is InChI=1S/C15H20FN3O3S/c1-10-15(11(2)19(3)18-10)23(20,21)17-9-14(22-4)12-6-5-7-13(16)8-12/h5-8,14,17H,9H2,1-4H3/t14-/m1/s1. The third kappa shape index (κ3) is 3.77. The van der Waals surface area contributed by atoms with Crippen molar-refractivity contribution in [1.82, 2.24) is 14.5 Å². The molecule has 0 aliphatic heterocycles. The summed E-state index contributed by atoms with van der Waals surface area (Å²) in [4.78, 5) is 0.161. The van der Waals surface area contributed by atoms with Gasteiger partial charge in [0.25, 0.3) is 0 Å². The first-order chi connectivity index (χ1) is 10.8. The van der Waals surface area contributed by atoms with Crippen LogP contribution in [0.25, 0.3) is 0 Å². The van der Waals surface area contributed by atoms with E-state index in [1.807, 2.05) is 0 Å². The van der Waals surface area contributed by atoms with Gasteiger partial charge in [-0.2, -0.15) is 5.10 Å². The van der Waals surface area contributed by atoms with Crippen LogP contribution in [-0.4, -0.2) is 31.9 Å². The molecule has 0 saturated carbocycles. The van der Waals surface area contributed by atoms with Gasteiger partial charge in [-0.05, 0) is 31.5 Å². The van der Waals surface area contributed by atoms with Crippen LogP contribution >= 0.6 is 0 Å². The Morgan fingerprint density at radius 2 is 2.09 bits per heavy atom. The molecule has 6 nitrogen and oxygen atoms in total. The highest BCUT2D eigenvalue weighted by Crippen LogP contribution is 2.21. The predicted octanol–water partition coefficient (Wildman–Crippen LogP) is 1.84. The second-order valence-corrected chi connectivity index (χ2v) is 6.96. The van der Waals surface area contributed by atoms with E-state index in [1.165, 1.54) is 23.9 Å². The van der Waals surface area contributed by atoms with E-state index in [0.29, 0.717) is 17.0 Å². The lowest BCUT2D eigenvalue weighted by Crippen LogP contribution is -2.30. The van der Waals surface area contributed by atoms with Crippen molar-refractivity contribution >= 4 is 10.0 Å². The van der Waals surface area contributed by atoms with Crippen molar-refractivity contribution in [1.29, 1.82) is 0 Å². The Hall–Kier alpha value is -1.77. The zero-order valence-electron chi connectivity index (χ0n) is 13.5. The van der Waals surface area contributed by atoms with Crippen LogP contribution < -0.4 is 4.72 Å². The molecule has 1 atom stereocenters. The Morgan fingerprint density at radius 3 is 2.61 bits per heavy atom. The highest BCUT2D eigenvalue weighted by atomic mass is 32.2. The number of hydrogen-bond donors (Lipinski definition) is 1.